The van der Waals surface area contributed by atoms with Crippen molar-refractivity contribution in [2.24, 2.45) is 17.3 Å². The Balaban J connectivity index is 2.56. The summed E-state index contributed by atoms with van der Waals surface area (Å²) < 4.78 is 2.70. The molecule has 2 heterocycles. The average Bonchev–Trinajstić information content (AvgIpc) is 2.86. The predicted molar refractivity (Wildman–Crippen MR) is 86.6 cm³/mol. The predicted octanol–water partition coefficient (Wildman–Crippen LogP) is 2.39. The van der Waals surface area contributed by atoms with E-state index in [9.17, 15) is 15.2 Å². The van der Waals surface area contributed by atoms with Gasteiger partial charge in [-0.3, -0.25) is 14.0 Å². The fraction of sp³-hybridized carbons (Fsp3) is 0.467. The van der Waals surface area contributed by atoms with Crippen LogP contribution in [-0.2, 0) is 13.6 Å². The third-order valence-corrected chi connectivity index (χ3v) is 3.71. The fourth-order valence-corrected chi connectivity index (χ4v) is 2.16. The van der Waals surface area contributed by atoms with Gasteiger partial charge in [0.2, 0.25) is 5.88 Å². The monoisotopic (exact) mass is 329 g/mol. The van der Waals surface area contributed by atoms with Crippen molar-refractivity contribution < 1.29 is 5.11 Å². The largest absolute Gasteiger partial charge is 0.493 e. The SMILES string of the molecule is CCCCn1c(O)c(N=Nc2nc(C)n(C)n2)c(C)c(C#N)c1=O. The van der Waals surface area contributed by atoms with Crippen LogP contribution in [0.15, 0.2) is 15.0 Å². The Hall–Kier alpha value is -3.02. The summed E-state index contributed by atoms with van der Waals surface area (Å²) in [5.74, 6) is 0.496. The number of nitriles is 1. The summed E-state index contributed by atoms with van der Waals surface area (Å²) in [4.78, 5) is 16.4. The molecule has 0 aliphatic rings. The Morgan fingerprint density at radius 1 is 1.33 bits per heavy atom. The lowest BCUT2D eigenvalue weighted by Gasteiger charge is -2.12. The number of azo groups is 1. The van der Waals surface area contributed by atoms with Gasteiger partial charge < -0.3 is 5.11 Å². The van der Waals surface area contributed by atoms with Gasteiger partial charge in [0, 0.05) is 19.2 Å². The van der Waals surface area contributed by atoms with Gasteiger partial charge in [0.25, 0.3) is 11.5 Å². The first-order valence-electron chi connectivity index (χ1n) is 7.56. The Labute approximate surface area is 138 Å². The van der Waals surface area contributed by atoms with E-state index in [4.69, 9.17) is 0 Å². The van der Waals surface area contributed by atoms with Gasteiger partial charge in [0.15, 0.2) is 5.69 Å². The molecule has 9 heteroatoms. The first-order chi connectivity index (χ1) is 11.4. The standard InChI is InChI=1S/C15H19N7O2/c1-5-6-7-22-13(23)11(8-16)9(2)12(14(22)24)18-19-15-17-10(3)21(4)20-15/h24H,5-7H2,1-4H3. The van der Waals surface area contributed by atoms with Gasteiger partial charge in [-0.1, -0.05) is 13.3 Å². The zero-order valence-corrected chi connectivity index (χ0v) is 14.1. The third-order valence-electron chi connectivity index (χ3n) is 3.71. The van der Waals surface area contributed by atoms with Crippen LogP contribution >= 0.6 is 0 Å². The molecule has 2 rings (SSSR count). The van der Waals surface area contributed by atoms with Gasteiger partial charge in [-0.25, -0.2) is 0 Å². The summed E-state index contributed by atoms with van der Waals surface area (Å²) >= 11 is 0. The molecule has 24 heavy (non-hydrogen) atoms. The van der Waals surface area contributed by atoms with Crippen molar-refractivity contribution in [2.75, 3.05) is 0 Å². The van der Waals surface area contributed by atoms with E-state index in [1.54, 1.807) is 25.6 Å². The molecule has 0 spiro atoms. The van der Waals surface area contributed by atoms with Crippen LogP contribution in [0, 0.1) is 25.2 Å². The molecule has 0 aromatic carbocycles. The van der Waals surface area contributed by atoms with Crippen molar-refractivity contribution in [1.82, 2.24) is 19.3 Å². The van der Waals surface area contributed by atoms with Crippen molar-refractivity contribution in [2.45, 2.75) is 40.2 Å². The molecule has 0 bridgehead atoms. The number of aryl methyl sites for hydroxylation is 2. The Morgan fingerprint density at radius 3 is 2.58 bits per heavy atom. The maximum absolute atomic E-state index is 12.3. The first kappa shape index (κ1) is 17.3. The second kappa shape index (κ2) is 7.04. The van der Waals surface area contributed by atoms with E-state index in [0.717, 1.165) is 11.0 Å². The van der Waals surface area contributed by atoms with Gasteiger partial charge in [0.05, 0.1) is 0 Å². The van der Waals surface area contributed by atoms with Gasteiger partial charge in [-0.05, 0) is 20.3 Å². The van der Waals surface area contributed by atoms with E-state index in [2.05, 4.69) is 20.3 Å². The molecule has 1 N–H and O–H groups in total. The number of hydrogen-bond acceptors (Lipinski definition) is 7. The molecular weight excluding hydrogens is 310 g/mol. The van der Waals surface area contributed by atoms with Gasteiger partial charge in [0.1, 0.15) is 17.5 Å². The highest BCUT2D eigenvalue weighted by atomic mass is 16.3. The van der Waals surface area contributed by atoms with Crippen LogP contribution in [0.2, 0.25) is 0 Å². The van der Waals surface area contributed by atoms with E-state index in [-0.39, 0.29) is 28.6 Å². The maximum Gasteiger partial charge on any atom is 0.287 e. The van der Waals surface area contributed by atoms with E-state index >= 15 is 0 Å². The molecule has 0 amide bonds. The quantitative estimate of drug-likeness (QED) is 0.844. The summed E-state index contributed by atoms with van der Waals surface area (Å²) in [5.41, 5.74) is -0.216. The van der Waals surface area contributed by atoms with E-state index < -0.39 is 5.56 Å². The minimum Gasteiger partial charge on any atom is -0.493 e. The van der Waals surface area contributed by atoms with Crippen LogP contribution in [0.1, 0.15) is 36.7 Å². The lowest BCUT2D eigenvalue weighted by Crippen LogP contribution is -2.23. The minimum atomic E-state index is -0.522. The van der Waals surface area contributed by atoms with Crippen LogP contribution in [0.4, 0.5) is 11.6 Å². The topological polar surface area (TPSA) is 121 Å². The number of nitrogens with zero attached hydrogens (tertiary/aromatic N) is 7. The molecular formula is C15H19N7O2. The molecule has 0 saturated carbocycles. The maximum atomic E-state index is 12.3. The van der Waals surface area contributed by atoms with E-state index in [0.29, 0.717) is 18.8 Å². The van der Waals surface area contributed by atoms with Crippen LogP contribution in [0.25, 0.3) is 0 Å². The molecule has 0 radical (unpaired) electrons. The van der Waals surface area contributed by atoms with Crippen LogP contribution in [0.3, 0.4) is 0 Å². The van der Waals surface area contributed by atoms with Crippen molar-refractivity contribution in [3.63, 3.8) is 0 Å². The van der Waals surface area contributed by atoms with E-state index in [1.807, 2.05) is 13.0 Å². The lowest BCUT2D eigenvalue weighted by molar-refractivity contribution is 0.402. The number of hydrogen-bond donors (Lipinski definition) is 1. The second-order valence-corrected chi connectivity index (χ2v) is 5.38. The second-order valence-electron chi connectivity index (χ2n) is 5.38. The van der Waals surface area contributed by atoms with Gasteiger partial charge in [-0.2, -0.15) is 10.2 Å². The third kappa shape index (κ3) is 3.17. The van der Waals surface area contributed by atoms with Crippen molar-refractivity contribution in [3.05, 3.63) is 27.3 Å². The molecule has 0 aliphatic heterocycles. The highest BCUT2D eigenvalue weighted by Crippen LogP contribution is 2.31. The van der Waals surface area contributed by atoms with Crippen molar-refractivity contribution >= 4 is 11.6 Å². The van der Waals surface area contributed by atoms with Crippen molar-refractivity contribution in [1.29, 1.82) is 5.26 Å². The molecule has 126 valence electrons. The summed E-state index contributed by atoms with van der Waals surface area (Å²) in [6.07, 6.45) is 1.54. The van der Waals surface area contributed by atoms with E-state index in [1.165, 1.54) is 0 Å². The highest BCUT2D eigenvalue weighted by Gasteiger charge is 2.19. The molecule has 0 aliphatic carbocycles. The molecule has 2 aromatic heterocycles. The highest BCUT2D eigenvalue weighted by molar-refractivity contribution is 5.59. The van der Waals surface area contributed by atoms with Gasteiger partial charge >= 0.3 is 0 Å². The molecule has 2 aromatic rings. The Morgan fingerprint density at radius 2 is 2.04 bits per heavy atom. The summed E-state index contributed by atoms with van der Waals surface area (Å²) in [6.45, 7) is 5.60. The smallest absolute Gasteiger partial charge is 0.287 e. The molecule has 0 fully saturated rings. The molecule has 0 saturated heterocycles. The minimum absolute atomic E-state index is 0.0528. The average molecular weight is 329 g/mol. The summed E-state index contributed by atoms with van der Waals surface area (Å²) in [5, 5.41) is 31.6. The Bertz CT molecular complexity index is 867. The normalized spacial score (nSPS) is 11.1. The molecule has 0 atom stereocenters. The number of aromatic hydroxyl groups is 1. The van der Waals surface area contributed by atoms with Crippen molar-refractivity contribution in [3.8, 4) is 11.9 Å². The molecule has 0 unspecified atom stereocenters. The summed E-state index contributed by atoms with van der Waals surface area (Å²) in [7, 11) is 1.72. The number of unbranched alkanes of at least 4 members (excludes halogenated alkanes) is 1. The zero-order chi connectivity index (χ0) is 17.9. The van der Waals surface area contributed by atoms with Crippen LogP contribution in [-0.4, -0.2) is 24.4 Å². The molecule has 9 nitrogen and oxygen atoms in total. The number of aromatic nitrogens is 4. The number of rotatable bonds is 5. The van der Waals surface area contributed by atoms with Gasteiger partial charge in [-0.15, -0.1) is 15.3 Å². The first-order valence-corrected chi connectivity index (χ1v) is 7.56. The zero-order valence-electron chi connectivity index (χ0n) is 14.1. The number of pyridine rings is 1. The van der Waals surface area contributed by atoms with Crippen LogP contribution < -0.4 is 5.56 Å². The fourth-order valence-electron chi connectivity index (χ4n) is 2.16. The Kier molecular flexibility index (Phi) is 5.08. The summed E-state index contributed by atoms with van der Waals surface area (Å²) in [6, 6.07) is 1.88. The van der Waals surface area contributed by atoms with Crippen LogP contribution in [0.5, 0.6) is 5.88 Å². The lowest BCUT2D eigenvalue weighted by atomic mass is 10.1.